The van der Waals surface area contributed by atoms with Crippen LogP contribution in [-0.4, -0.2) is 24.4 Å². The van der Waals surface area contributed by atoms with Gasteiger partial charge in [-0.15, -0.1) is 0 Å². The lowest BCUT2D eigenvalue weighted by Gasteiger charge is -2.29. The summed E-state index contributed by atoms with van der Waals surface area (Å²) >= 11 is 3.27. The number of fused-ring (bicyclic) bond motifs is 1. The molecule has 0 radical (unpaired) electrons. The molecule has 21 heavy (non-hydrogen) atoms. The molecular formula is C16H17BrN2O2. The zero-order valence-electron chi connectivity index (χ0n) is 11.8. The van der Waals surface area contributed by atoms with E-state index in [2.05, 4.69) is 27.3 Å². The third-order valence-electron chi connectivity index (χ3n) is 3.75. The summed E-state index contributed by atoms with van der Waals surface area (Å²) in [6.07, 6.45) is 0.967. The quantitative estimate of drug-likeness (QED) is 0.927. The molecule has 0 spiro atoms. The Morgan fingerprint density at radius 1 is 1.38 bits per heavy atom. The zero-order chi connectivity index (χ0) is 14.8. The fourth-order valence-electron chi connectivity index (χ4n) is 2.69. The van der Waals surface area contributed by atoms with Crippen LogP contribution in [0.5, 0.6) is 0 Å². The Bertz CT molecular complexity index is 653. The Morgan fingerprint density at radius 2 is 2.19 bits per heavy atom. The summed E-state index contributed by atoms with van der Waals surface area (Å²) in [5.41, 5.74) is 2.34. The summed E-state index contributed by atoms with van der Waals surface area (Å²) in [6.45, 7) is 1.29. The van der Waals surface area contributed by atoms with Crippen LogP contribution in [0.4, 0.5) is 0 Å². The minimum absolute atomic E-state index is 0.0645. The highest BCUT2D eigenvalue weighted by Crippen LogP contribution is 2.25. The fourth-order valence-corrected chi connectivity index (χ4v) is 3.03. The molecule has 0 bridgehead atoms. The third-order valence-corrected chi connectivity index (χ3v) is 4.18. The molecule has 1 aromatic heterocycles. The van der Waals surface area contributed by atoms with E-state index < -0.39 is 0 Å². The lowest BCUT2D eigenvalue weighted by atomic mass is 9.93. The van der Waals surface area contributed by atoms with Crippen molar-refractivity contribution in [1.82, 2.24) is 10.2 Å². The number of carbonyl (C=O) groups is 1. The monoisotopic (exact) mass is 348 g/mol. The highest BCUT2D eigenvalue weighted by atomic mass is 79.9. The van der Waals surface area contributed by atoms with Crippen molar-refractivity contribution in [3.8, 4) is 0 Å². The molecule has 1 aliphatic heterocycles. The van der Waals surface area contributed by atoms with Gasteiger partial charge in [-0.1, -0.05) is 24.3 Å². The molecule has 4 nitrogen and oxygen atoms in total. The first-order valence-electron chi connectivity index (χ1n) is 6.95. The Kier molecular flexibility index (Phi) is 4.12. The fraction of sp³-hybridized carbons (Fsp3) is 0.312. The second-order valence-corrected chi connectivity index (χ2v) is 6.02. The summed E-state index contributed by atoms with van der Waals surface area (Å²) in [6, 6.07) is 11.6. The number of likely N-dealkylation sites (N-methyl/N-ethyl adjacent to an activating group) is 1. The van der Waals surface area contributed by atoms with Crippen LogP contribution in [0.25, 0.3) is 0 Å². The highest BCUT2D eigenvalue weighted by molar-refractivity contribution is 9.10. The molecule has 1 unspecified atom stereocenters. The van der Waals surface area contributed by atoms with E-state index in [4.69, 9.17) is 4.42 Å². The average Bonchev–Trinajstić information content (AvgIpc) is 2.91. The third kappa shape index (κ3) is 3.04. The van der Waals surface area contributed by atoms with Gasteiger partial charge in [0.15, 0.2) is 4.67 Å². The normalized spacial score (nSPS) is 17.3. The number of nitrogens with zero attached hydrogens (tertiary/aromatic N) is 1. The number of rotatable bonds is 3. The molecule has 3 rings (SSSR count). The van der Waals surface area contributed by atoms with Crippen LogP contribution in [0.2, 0.25) is 0 Å². The lowest BCUT2D eigenvalue weighted by Crippen LogP contribution is -2.41. The van der Waals surface area contributed by atoms with E-state index in [1.54, 1.807) is 11.9 Å². The number of halogens is 1. The van der Waals surface area contributed by atoms with Crippen LogP contribution in [0, 0.1) is 0 Å². The van der Waals surface area contributed by atoms with Crippen molar-refractivity contribution in [2.24, 2.45) is 0 Å². The van der Waals surface area contributed by atoms with Crippen molar-refractivity contribution >= 4 is 21.8 Å². The number of furan rings is 1. The van der Waals surface area contributed by atoms with Crippen molar-refractivity contribution in [3.05, 3.63) is 58.0 Å². The Hall–Kier alpha value is -1.59. The van der Waals surface area contributed by atoms with Gasteiger partial charge >= 0.3 is 0 Å². The van der Waals surface area contributed by atoms with Gasteiger partial charge in [0, 0.05) is 13.6 Å². The minimum atomic E-state index is -0.265. The van der Waals surface area contributed by atoms with Gasteiger partial charge in [0.1, 0.15) is 11.8 Å². The first kappa shape index (κ1) is 14.4. The van der Waals surface area contributed by atoms with Gasteiger partial charge in [-0.3, -0.25) is 4.79 Å². The van der Waals surface area contributed by atoms with E-state index in [1.807, 2.05) is 30.3 Å². The second kappa shape index (κ2) is 6.03. The molecule has 0 saturated carbocycles. The predicted octanol–water partition coefficient (Wildman–Crippen LogP) is 2.89. The van der Waals surface area contributed by atoms with Gasteiger partial charge in [-0.25, -0.2) is 0 Å². The first-order chi connectivity index (χ1) is 10.1. The molecule has 110 valence electrons. The van der Waals surface area contributed by atoms with Gasteiger partial charge in [0.2, 0.25) is 5.91 Å². The molecule has 2 heterocycles. The van der Waals surface area contributed by atoms with Gasteiger partial charge < -0.3 is 14.6 Å². The topological polar surface area (TPSA) is 45.5 Å². The van der Waals surface area contributed by atoms with Crippen molar-refractivity contribution in [2.75, 3.05) is 13.6 Å². The summed E-state index contributed by atoms with van der Waals surface area (Å²) in [5.74, 6) is 0.830. The zero-order valence-corrected chi connectivity index (χ0v) is 13.4. The minimum Gasteiger partial charge on any atom is -0.452 e. The van der Waals surface area contributed by atoms with Crippen LogP contribution in [0.1, 0.15) is 22.9 Å². The Morgan fingerprint density at radius 3 is 2.95 bits per heavy atom. The van der Waals surface area contributed by atoms with E-state index in [1.165, 1.54) is 5.56 Å². The van der Waals surface area contributed by atoms with Crippen LogP contribution >= 0.6 is 15.9 Å². The number of amides is 1. The van der Waals surface area contributed by atoms with E-state index in [0.29, 0.717) is 11.2 Å². The molecule has 1 aromatic carbocycles. The van der Waals surface area contributed by atoms with Crippen LogP contribution in [0.3, 0.4) is 0 Å². The molecular weight excluding hydrogens is 332 g/mol. The van der Waals surface area contributed by atoms with Crippen LogP contribution < -0.4 is 5.32 Å². The maximum absolute atomic E-state index is 12.7. The SMILES string of the molecule is CN(Cc1ccc(Br)o1)C(=O)C1NCCc2ccccc21. The molecule has 5 heteroatoms. The van der Waals surface area contributed by atoms with Gasteiger partial charge in [0.25, 0.3) is 0 Å². The first-order valence-corrected chi connectivity index (χ1v) is 7.75. The van der Waals surface area contributed by atoms with Gasteiger partial charge in [-0.2, -0.15) is 0 Å². The van der Waals surface area contributed by atoms with E-state index in [-0.39, 0.29) is 11.9 Å². The maximum atomic E-state index is 12.7. The number of hydrogen-bond donors (Lipinski definition) is 1. The van der Waals surface area contributed by atoms with Crippen LogP contribution in [0.15, 0.2) is 45.5 Å². The molecule has 2 aromatic rings. The number of benzene rings is 1. The maximum Gasteiger partial charge on any atom is 0.244 e. The van der Waals surface area contributed by atoms with Gasteiger partial charge in [0.05, 0.1) is 6.54 Å². The molecule has 1 atom stereocenters. The molecule has 0 saturated heterocycles. The Labute approximate surface area is 132 Å². The molecule has 1 amide bonds. The summed E-state index contributed by atoms with van der Waals surface area (Å²) < 4.78 is 6.14. The lowest BCUT2D eigenvalue weighted by molar-refractivity contribution is -0.133. The molecule has 1 aliphatic rings. The van der Waals surface area contributed by atoms with E-state index in [9.17, 15) is 4.79 Å². The summed E-state index contributed by atoms with van der Waals surface area (Å²) in [4.78, 5) is 14.4. The number of hydrogen-bond acceptors (Lipinski definition) is 3. The summed E-state index contributed by atoms with van der Waals surface area (Å²) in [5, 5.41) is 3.32. The largest absolute Gasteiger partial charge is 0.452 e. The standard InChI is InChI=1S/C16H17BrN2O2/c1-19(10-12-6-7-14(17)21-12)16(20)15-13-5-3-2-4-11(13)8-9-18-15/h2-7,15,18H,8-10H2,1H3. The van der Waals surface area contributed by atoms with Crippen molar-refractivity contribution in [3.63, 3.8) is 0 Å². The molecule has 0 fully saturated rings. The van der Waals surface area contributed by atoms with Crippen molar-refractivity contribution in [2.45, 2.75) is 19.0 Å². The smallest absolute Gasteiger partial charge is 0.244 e. The highest BCUT2D eigenvalue weighted by Gasteiger charge is 2.28. The molecule has 0 aliphatic carbocycles. The second-order valence-electron chi connectivity index (χ2n) is 5.24. The summed E-state index contributed by atoms with van der Waals surface area (Å²) in [7, 11) is 1.80. The van der Waals surface area contributed by atoms with Crippen LogP contribution in [-0.2, 0) is 17.8 Å². The van der Waals surface area contributed by atoms with Crippen molar-refractivity contribution in [1.29, 1.82) is 0 Å². The van der Waals surface area contributed by atoms with E-state index >= 15 is 0 Å². The van der Waals surface area contributed by atoms with Gasteiger partial charge in [-0.05, 0) is 45.6 Å². The number of nitrogens with one attached hydrogen (secondary N) is 1. The van der Waals surface area contributed by atoms with E-state index in [0.717, 1.165) is 24.3 Å². The average molecular weight is 349 g/mol. The number of carbonyl (C=O) groups excluding carboxylic acids is 1. The predicted molar refractivity (Wildman–Crippen MR) is 83.8 cm³/mol. The van der Waals surface area contributed by atoms with Crippen molar-refractivity contribution < 1.29 is 9.21 Å². The molecule has 1 N–H and O–H groups in total. The Balaban J connectivity index is 1.76.